The lowest BCUT2D eigenvalue weighted by atomic mass is 10.0. The number of rotatable bonds is 4. The number of hydrogen-bond donors (Lipinski definition) is 1. The number of aromatic nitrogens is 2. The van der Waals surface area contributed by atoms with E-state index in [2.05, 4.69) is 27.3 Å². The van der Waals surface area contributed by atoms with Gasteiger partial charge in [0.2, 0.25) is 11.7 Å². The van der Waals surface area contributed by atoms with Gasteiger partial charge in [-0.25, -0.2) is 0 Å². The molecule has 23 heavy (non-hydrogen) atoms. The Morgan fingerprint density at radius 2 is 2.13 bits per heavy atom. The van der Waals surface area contributed by atoms with Crippen LogP contribution in [0.1, 0.15) is 19.2 Å². The highest BCUT2D eigenvalue weighted by Crippen LogP contribution is 2.33. The monoisotopic (exact) mass is 314 g/mol. The molecule has 0 unspecified atom stereocenters. The second-order valence-electron chi connectivity index (χ2n) is 6.48. The summed E-state index contributed by atoms with van der Waals surface area (Å²) in [6.45, 7) is 5.22. The van der Waals surface area contributed by atoms with Crippen molar-refractivity contribution >= 4 is 0 Å². The highest BCUT2D eigenvalue weighted by atomic mass is 16.5. The van der Waals surface area contributed by atoms with Crippen molar-refractivity contribution in [1.29, 1.82) is 0 Å². The molecule has 0 amide bonds. The molecule has 0 spiro atoms. The number of ether oxygens (including phenoxy) is 1. The zero-order valence-corrected chi connectivity index (χ0v) is 13.5. The van der Waals surface area contributed by atoms with Gasteiger partial charge in [-0.05, 0) is 50.1 Å². The van der Waals surface area contributed by atoms with E-state index in [-0.39, 0.29) is 0 Å². The van der Waals surface area contributed by atoms with Gasteiger partial charge in [0.05, 0.1) is 13.7 Å². The van der Waals surface area contributed by atoms with Crippen LogP contribution in [0.3, 0.4) is 0 Å². The van der Waals surface area contributed by atoms with Crippen LogP contribution in [0.2, 0.25) is 0 Å². The van der Waals surface area contributed by atoms with Crippen molar-refractivity contribution < 1.29 is 9.26 Å². The molecule has 6 heteroatoms. The molecule has 4 rings (SSSR count). The van der Waals surface area contributed by atoms with Crippen molar-refractivity contribution in [3.63, 3.8) is 0 Å². The van der Waals surface area contributed by atoms with E-state index in [0.717, 1.165) is 36.9 Å². The number of fused-ring (bicyclic) bond motifs is 1. The molecule has 2 saturated heterocycles. The minimum absolute atomic E-state index is 0.573. The first-order valence-electron chi connectivity index (χ1n) is 8.18. The van der Waals surface area contributed by atoms with E-state index >= 15 is 0 Å². The van der Waals surface area contributed by atoms with Crippen LogP contribution in [-0.2, 0) is 6.54 Å². The van der Waals surface area contributed by atoms with Gasteiger partial charge in [0, 0.05) is 24.2 Å². The Hall–Kier alpha value is -1.92. The average molecular weight is 314 g/mol. The zero-order valence-electron chi connectivity index (χ0n) is 13.5. The van der Waals surface area contributed by atoms with Gasteiger partial charge >= 0.3 is 0 Å². The fourth-order valence-corrected chi connectivity index (χ4v) is 3.85. The molecule has 1 N–H and O–H groups in total. The predicted octanol–water partition coefficient (Wildman–Crippen LogP) is 1.93. The molecule has 0 aliphatic carbocycles. The summed E-state index contributed by atoms with van der Waals surface area (Å²) in [4.78, 5) is 7.06. The Balaban J connectivity index is 1.49. The van der Waals surface area contributed by atoms with Crippen LogP contribution in [-0.4, -0.2) is 47.3 Å². The Labute approximate surface area is 135 Å². The first kappa shape index (κ1) is 14.7. The van der Waals surface area contributed by atoms with Crippen LogP contribution in [0, 0.1) is 5.92 Å². The van der Waals surface area contributed by atoms with Crippen LogP contribution >= 0.6 is 0 Å². The summed E-state index contributed by atoms with van der Waals surface area (Å²) < 4.78 is 10.7. The van der Waals surface area contributed by atoms with Gasteiger partial charge in [0.15, 0.2) is 0 Å². The zero-order chi connectivity index (χ0) is 15.8. The maximum absolute atomic E-state index is 5.48. The molecular formula is C17H22N4O2. The van der Waals surface area contributed by atoms with E-state index in [1.165, 1.54) is 6.42 Å². The summed E-state index contributed by atoms with van der Waals surface area (Å²) in [5, 5.41) is 7.61. The molecule has 0 bridgehead atoms. The quantitative estimate of drug-likeness (QED) is 0.930. The minimum Gasteiger partial charge on any atom is -0.497 e. The Morgan fingerprint density at radius 3 is 2.91 bits per heavy atom. The lowest BCUT2D eigenvalue weighted by Crippen LogP contribution is -2.37. The molecule has 2 aliphatic rings. The second kappa shape index (κ2) is 5.94. The van der Waals surface area contributed by atoms with Gasteiger partial charge in [0.1, 0.15) is 5.75 Å². The van der Waals surface area contributed by atoms with Gasteiger partial charge in [-0.15, -0.1) is 0 Å². The van der Waals surface area contributed by atoms with Gasteiger partial charge in [0.25, 0.3) is 0 Å². The standard InChI is InChI=1S/C17H22N4O2/c1-11-7-13-8-18-9-15(13)21(11)10-16-19-17(20-23-16)12-3-5-14(22-2)6-4-12/h3-6,11,13,15,18H,7-10H2,1-2H3/t11-,13+,15-/m0/s1. The number of methoxy groups -OCH3 is 1. The van der Waals surface area contributed by atoms with E-state index in [0.29, 0.717) is 23.8 Å². The smallest absolute Gasteiger partial charge is 0.241 e. The Bertz CT molecular complexity index is 669. The first-order valence-corrected chi connectivity index (χ1v) is 8.18. The highest BCUT2D eigenvalue weighted by Gasteiger charge is 2.42. The van der Waals surface area contributed by atoms with Crippen LogP contribution in [0.4, 0.5) is 0 Å². The Morgan fingerprint density at radius 1 is 1.30 bits per heavy atom. The molecule has 2 fully saturated rings. The van der Waals surface area contributed by atoms with Crippen molar-refractivity contribution in [3.8, 4) is 17.1 Å². The largest absolute Gasteiger partial charge is 0.497 e. The SMILES string of the molecule is COc1ccc(-c2noc(CN3[C@@H](C)C[C@@H]4CNC[C@@H]43)n2)cc1. The molecule has 3 heterocycles. The molecule has 2 aromatic rings. The van der Waals surface area contributed by atoms with E-state index in [4.69, 9.17) is 9.26 Å². The average Bonchev–Trinajstić information content (AvgIpc) is 3.27. The third-order valence-corrected chi connectivity index (χ3v) is 5.07. The maximum atomic E-state index is 5.48. The fraction of sp³-hybridized carbons (Fsp3) is 0.529. The maximum Gasteiger partial charge on any atom is 0.241 e. The highest BCUT2D eigenvalue weighted by molar-refractivity contribution is 5.55. The summed E-state index contributed by atoms with van der Waals surface area (Å²) in [5.41, 5.74) is 0.940. The molecule has 6 nitrogen and oxygen atoms in total. The molecular weight excluding hydrogens is 292 g/mol. The summed E-state index contributed by atoms with van der Waals surface area (Å²) in [6, 6.07) is 8.88. The summed E-state index contributed by atoms with van der Waals surface area (Å²) >= 11 is 0. The number of benzene rings is 1. The van der Waals surface area contributed by atoms with Crippen molar-refractivity contribution in [3.05, 3.63) is 30.2 Å². The molecule has 0 saturated carbocycles. The number of hydrogen-bond acceptors (Lipinski definition) is 6. The number of nitrogens with one attached hydrogen (secondary N) is 1. The Kier molecular flexibility index (Phi) is 3.79. The summed E-state index contributed by atoms with van der Waals surface area (Å²) in [6.07, 6.45) is 1.25. The number of likely N-dealkylation sites (tertiary alicyclic amines) is 1. The van der Waals surface area contributed by atoms with Crippen molar-refractivity contribution in [2.24, 2.45) is 5.92 Å². The van der Waals surface area contributed by atoms with Crippen molar-refractivity contribution in [2.45, 2.75) is 32.0 Å². The normalized spacial score (nSPS) is 27.3. The van der Waals surface area contributed by atoms with Gasteiger partial charge in [-0.3, -0.25) is 4.90 Å². The van der Waals surface area contributed by atoms with Crippen LogP contribution in [0.5, 0.6) is 5.75 Å². The lowest BCUT2D eigenvalue weighted by Gasteiger charge is -2.25. The molecule has 0 radical (unpaired) electrons. The fourth-order valence-electron chi connectivity index (χ4n) is 3.85. The second-order valence-corrected chi connectivity index (χ2v) is 6.48. The summed E-state index contributed by atoms with van der Waals surface area (Å²) in [5.74, 6) is 2.91. The third-order valence-electron chi connectivity index (χ3n) is 5.07. The van der Waals surface area contributed by atoms with Gasteiger partial charge < -0.3 is 14.6 Å². The van der Waals surface area contributed by atoms with E-state index in [1.807, 2.05) is 24.3 Å². The molecule has 1 aromatic heterocycles. The van der Waals surface area contributed by atoms with Crippen LogP contribution in [0.15, 0.2) is 28.8 Å². The van der Waals surface area contributed by atoms with Crippen LogP contribution in [0.25, 0.3) is 11.4 Å². The van der Waals surface area contributed by atoms with Crippen molar-refractivity contribution in [2.75, 3.05) is 20.2 Å². The molecule has 3 atom stereocenters. The molecule has 1 aromatic carbocycles. The van der Waals surface area contributed by atoms with Crippen LogP contribution < -0.4 is 10.1 Å². The van der Waals surface area contributed by atoms with Crippen molar-refractivity contribution in [1.82, 2.24) is 20.4 Å². The predicted molar refractivity (Wildman–Crippen MR) is 86.1 cm³/mol. The minimum atomic E-state index is 0.573. The number of nitrogens with zero attached hydrogens (tertiary/aromatic N) is 3. The van der Waals surface area contributed by atoms with E-state index in [9.17, 15) is 0 Å². The van der Waals surface area contributed by atoms with Gasteiger partial charge in [-0.1, -0.05) is 5.16 Å². The van der Waals surface area contributed by atoms with Gasteiger partial charge in [-0.2, -0.15) is 4.98 Å². The first-order chi connectivity index (χ1) is 11.2. The molecule has 122 valence electrons. The third kappa shape index (κ3) is 2.72. The lowest BCUT2D eigenvalue weighted by molar-refractivity contribution is 0.169. The summed E-state index contributed by atoms with van der Waals surface area (Å²) in [7, 11) is 1.66. The topological polar surface area (TPSA) is 63.4 Å². The molecule has 2 aliphatic heterocycles. The van der Waals surface area contributed by atoms with E-state index in [1.54, 1.807) is 7.11 Å². The van der Waals surface area contributed by atoms with E-state index < -0.39 is 0 Å².